The van der Waals surface area contributed by atoms with Crippen LogP contribution < -0.4 is 0 Å². The number of carboxylic acids is 1. The molecular weight excluding hydrogens is 192 g/mol. The molecule has 0 bridgehead atoms. The maximum absolute atomic E-state index is 10.3. The Balaban J connectivity index is 0. The third kappa shape index (κ3) is 11.4. The Morgan fingerprint density at radius 2 is 1.73 bits per heavy atom. The van der Waals surface area contributed by atoms with E-state index in [9.17, 15) is 4.79 Å². The van der Waals surface area contributed by atoms with Crippen LogP contribution in [-0.4, -0.2) is 22.8 Å². The van der Waals surface area contributed by atoms with Crippen molar-refractivity contribution in [2.45, 2.75) is 53.4 Å². The van der Waals surface area contributed by atoms with Crippen molar-refractivity contribution in [3.8, 4) is 0 Å². The number of hydrogen-bond acceptors (Lipinski definition) is 2. The van der Waals surface area contributed by atoms with Crippen molar-refractivity contribution >= 4 is 5.97 Å². The average molecular weight is 218 g/mol. The summed E-state index contributed by atoms with van der Waals surface area (Å²) in [5.41, 5.74) is 0. The van der Waals surface area contributed by atoms with Crippen LogP contribution in [0.15, 0.2) is 0 Å². The van der Waals surface area contributed by atoms with E-state index in [1.54, 1.807) is 6.92 Å². The molecule has 0 saturated carbocycles. The molecule has 2 N–H and O–H groups in total. The van der Waals surface area contributed by atoms with Gasteiger partial charge in [-0.3, -0.25) is 4.79 Å². The molecule has 15 heavy (non-hydrogen) atoms. The minimum absolute atomic E-state index is 0.199. The van der Waals surface area contributed by atoms with Crippen molar-refractivity contribution in [2.75, 3.05) is 6.61 Å². The van der Waals surface area contributed by atoms with E-state index in [0.29, 0.717) is 12.5 Å². The lowest BCUT2D eigenvalue weighted by Crippen LogP contribution is -2.17. The van der Waals surface area contributed by atoms with Crippen LogP contribution in [-0.2, 0) is 4.79 Å². The second-order valence-electron chi connectivity index (χ2n) is 3.94. The molecule has 0 aromatic heterocycles. The van der Waals surface area contributed by atoms with E-state index in [4.69, 9.17) is 10.2 Å². The number of unbranched alkanes of at least 4 members (excludes halogenated alkanes) is 2. The second kappa shape index (κ2) is 11.5. The molecule has 3 heteroatoms. The van der Waals surface area contributed by atoms with Gasteiger partial charge in [-0.25, -0.2) is 0 Å². The molecule has 0 spiro atoms. The summed E-state index contributed by atoms with van der Waals surface area (Å²) >= 11 is 0. The molecule has 0 aliphatic heterocycles. The zero-order valence-corrected chi connectivity index (χ0v) is 10.5. The van der Waals surface area contributed by atoms with Gasteiger partial charge >= 0.3 is 5.97 Å². The van der Waals surface area contributed by atoms with Gasteiger partial charge in [0.25, 0.3) is 0 Å². The number of carboxylic acid groups (broad SMARTS) is 1. The Bertz CT molecular complexity index is 142. The molecule has 2 atom stereocenters. The van der Waals surface area contributed by atoms with Gasteiger partial charge in [0.2, 0.25) is 0 Å². The number of aliphatic carboxylic acids is 1. The van der Waals surface area contributed by atoms with Gasteiger partial charge in [-0.05, 0) is 12.3 Å². The van der Waals surface area contributed by atoms with Crippen molar-refractivity contribution in [1.82, 2.24) is 0 Å². The topological polar surface area (TPSA) is 57.5 Å². The molecule has 2 unspecified atom stereocenters. The first-order valence-electron chi connectivity index (χ1n) is 5.84. The lowest BCUT2D eigenvalue weighted by molar-refractivity contribution is -0.142. The highest BCUT2D eigenvalue weighted by Gasteiger charge is 2.16. The van der Waals surface area contributed by atoms with Gasteiger partial charge in [0.05, 0.1) is 5.92 Å². The maximum Gasteiger partial charge on any atom is 0.306 e. The molecule has 0 aromatic rings. The quantitative estimate of drug-likeness (QED) is 0.674. The molecule has 0 radical (unpaired) electrons. The summed E-state index contributed by atoms with van der Waals surface area (Å²) < 4.78 is 0. The Hall–Kier alpha value is -0.570. The van der Waals surface area contributed by atoms with Crippen LogP contribution in [0.4, 0.5) is 0 Å². The molecule has 3 nitrogen and oxygen atoms in total. The van der Waals surface area contributed by atoms with Crippen molar-refractivity contribution < 1.29 is 15.0 Å². The molecule has 0 rings (SSSR count). The summed E-state index contributed by atoms with van der Waals surface area (Å²) in [6.07, 6.45) is 4.26. The Morgan fingerprint density at radius 1 is 1.20 bits per heavy atom. The van der Waals surface area contributed by atoms with Gasteiger partial charge in [0.15, 0.2) is 0 Å². The van der Waals surface area contributed by atoms with E-state index in [1.807, 2.05) is 13.8 Å². The predicted octanol–water partition coefficient (Wildman–Crippen LogP) is 2.92. The molecule has 0 aliphatic rings. The number of aliphatic hydroxyl groups excluding tert-OH is 1. The highest BCUT2D eigenvalue weighted by Crippen LogP contribution is 2.13. The van der Waals surface area contributed by atoms with Crippen LogP contribution >= 0.6 is 0 Å². The fraction of sp³-hybridized carbons (Fsp3) is 0.917. The van der Waals surface area contributed by atoms with Gasteiger partial charge < -0.3 is 10.2 Å². The first kappa shape index (κ1) is 16.8. The third-order valence-corrected chi connectivity index (χ3v) is 2.65. The third-order valence-electron chi connectivity index (χ3n) is 2.65. The molecule has 0 heterocycles. The zero-order chi connectivity index (χ0) is 12.3. The first-order valence-corrected chi connectivity index (χ1v) is 5.84. The Morgan fingerprint density at radius 3 is 1.87 bits per heavy atom. The SMILES string of the molecule is CCC(C)C(C)C(=O)O.CCCCCO. The largest absolute Gasteiger partial charge is 0.481 e. The lowest BCUT2D eigenvalue weighted by Gasteiger charge is -2.11. The number of rotatable bonds is 6. The Kier molecular flexibility index (Phi) is 12.9. The van der Waals surface area contributed by atoms with E-state index in [1.165, 1.54) is 6.42 Å². The maximum atomic E-state index is 10.3. The fourth-order valence-corrected chi connectivity index (χ4v) is 0.959. The molecule has 0 fully saturated rings. The van der Waals surface area contributed by atoms with Crippen molar-refractivity contribution in [3.63, 3.8) is 0 Å². The summed E-state index contributed by atoms with van der Waals surface area (Å²) in [4.78, 5) is 10.3. The van der Waals surface area contributed by atoms with Crippen LogP contribution in [0, 0.1) is 11.8 Å². The highest BCUT2D eigenvalue weighted by molar-refractivity contribution is 5.69. The van der Waals surface area contributed by atoms with E-state index < -0.39 is 5.97 Å². The summed E-state index contributed by atoms with van der Waals surface area (Å²) in [5.74, 6) is -0.596. The minimum atomic E-state index is -0.690. The molecule has 0 aromatic carbocycles. The monoisotopic (exact) mass is 218 g/mol. The van der Waals surface area contributed by atoms with Crippen molar-refractivity contribution in [2.24, 2.45) is 11.8 Å². The van der Waals surface area contributed by atoms with Crippen molar-refractivity contribution in [1.29, 1.82) is 0 Å². The van der Waals surface area contributed by atoms with E-state index >= 15 is 0 Å². The minimum Gasteiger partial charge on any atom is -0.481 e. The van der Waals surface area contributed by atoms with Gasteiger partial charge in [-0.2, -0.15) is 0 Å². The van der Waals surface area contributed by atoms with E-state index in [0.717, 1.165) is 19.3 Å². The summed E-state index contributed by atoms with van der Waals surface area (Å²) in [6, 6.07) is 0. The van der Waals surface area contributed by atoms with Crippen LogP contribution in [0.2, 0.25) is 0 Å². The van der Waals surface area contributed by atoms with Crippen LogP contribution in [0.5, 0.6) is 0 Å². The van der Waals surface area contributed by atoms with Crippen molar-refractivity contribution in [3.05, 3.63) is 0 Å². The standard InChI is InChI=1S/C7H14O2.C5H12O/c1-4-5(2)6(3)7(8)9;1-2-3-4-5-6/h5-6H,4H2,1-3H3,(H,8,9);6H,2-5H2,1H3. The Labute approximate surface area is 93.5 Å². The van der Waals surface area contributed by atoms with Gasteiger partial charge in [-0.1, -0.05) is 47.0 Å². The smallest absolute Gasteiger partial charge is 0.306 e. The van der Waals surface area contributed by atoms with Crippen LogP contribution in [0.25, 0.3) is 0 Å². The molecular formula is C12H26O3. The van der Waals surface area contributed by atoms with Gasteiger partial charge in [-0.15, -0.1) is 0 Å². The van der Waals surface area contributed by atoms with E-state index in [2.05, 4.69) is 6.92 Å². The van der Waals surface area contributed by atoms with E-state index in [-0.39, 0.29) is 5.92 Å². The molecule has 0 amide bonds. The summed E-state index contributed by atoms with van der Waals surface area (Å²) in [5, 5.41) is 16.7. The highest BCUT2D eigenvalue weighted by atomic mass is 16.4. The molecule has 0 saturated heterocycles. The average Bonchev–Trinajstić information content (AvgIpc) is 2.24. The number of aliphatic hydroxyl groups is 1. The second-order valence-corrected chi connectivity index (χ2v) is 3.94. The summed E-state index contributed by atoms with van der Waals surface area (Å²) in [6.45, 7) is 8.18. The normalized spacial score (nSPS) is 13.7. The molecule has 92 valence electrons. The van der Waals surface area contributed by atoms with Gasteiger partial charge in [0, 0.05) is 6.61 Å². The lowest BCUT2D eigenvalue weighted by atomic mass is 9.94. The van der Waals surface area contributed by atoms with Crippen LogP contribution in [0.3, 0.4) is 0 Å². The predicted molar refractivity (Wildman–Crippen MR) is 62.9 cm³/mol. The first-order chi connectivity index (χ1) is 7.01. The van der Waals surface area contributed by atoms with Crippen LogP contribution in [0.1, 0.15) is 53.4 Å². The fourth-order valence-electron chi connectivity index (χ4n) is 0.959. The number of carbonyl (C=O) groups is 1. The summed E-state index contributed by atoms with van der Waals surface area (Å²) in [7, 11) is 0. The zero-order valence-electron chi connectivity index (χ0n) is 10.5. The number of hydrogen-bond donors (Lipinski definition) is 2. The van der Waals surface area contributed by atoms with Gasteiger partial charge in [0.1, 0.15) is 0 Å². The molecule has 0 aliphatic carbocycles.